The van der Waals surface area contributed by atoms with Crippen molar-refractivity contribution in [2.45, 2.75) is 18.9 Å². The van der Waals surface area contributed by atoms with Gasteiger partial charge in [-0.2, -0.15) is 0 Å². The van der Waals surface area contributed by atoms with Gasteiger partial charge >= 0.3 is 5.97 Å². The predicted molar refractivity (Wildman–Crippen MR) is 153 cm³/mol. The second-order valence-electron chi connectivity index (χ2n) is 9.70. The van der Waals surface area contributed by atoms with Gasteiger partial charge in [-0.25, -0.2) is 0 Å². The Morgan fingerprint density at radius 1 is 0.905 bits per heavy atom. The second kappa shape index (κ2) is 11.3. The van der Waals surface area contributed by atoms with E-state index in [1.54, 1.807) is 42.7 Å². The van der Waals surface area contributed by atoms with Crippen molar-refractivity contribution in [1.29, 1.82) is 0 Å². The molecule has 3 heterocycles. The first-order valence-electron chi connectivity index (χ1n) is 13.2. The summed E-state index contributed by atoms with van der Waals surface area (Å²) in [6, 6.07) is 18.0. The molecule has 42 heavy (non-hydrogen) atoms. The number of esters is 1. The maximum atomic E-state index is 13.5. The zero-order valence-corrected chi connectivity index (χ0v) is 23.2. The quantitative estimate of drug-likeness (QED) is 0.150. The molecule has 1 atom stereocenters. The molecule has 6 rings (SSSR count). The highest BCUT2D eigenvalue weighted by atomic mass is 16.5. The molecule has 212 valence electrons. The standard InChI is InChI=1S/C33H27NO8/c1-37-26-16-28(39-3)27(38-2)13-21(26)14-29-32(36)23-9-10-25-31(33(23)42-29)24(15-30(35)41-25)20-7-4-8-22(12-20)40-18-19-6-5-11-34-17-19/h4-14,16-17,24H,15,18H2,1-3H3/b29-14-/t24-/m1/s1. The van der Waals surface area contributed by atoms with E-state index in [2.05, 4.69) is 4.98 Å². The molecule has 0 N–H and O–H groups in total. The number of fused-ring (bicyclic) bond motifs is 3. The van der Waals surface area contributed by atoms with E-state index >= 15 is 0 Å². The number of rotatable bonds is 8. The zero-order chi connectivity index (χ0) is 29.2. The number of pyridine rings is 1. The van der Waals surface area contributed by atoms with Gasteiger partial charge in [0.15, 0.2) is 17.3 Å². The van der Waals surface area contributed by atoms with Gasteiger partial charge in [0, 0.05) is 41.1 Å². The van der Waals surface area contributed by atoms with Crippen LogP contribution in [-0.4, -0.2) is 38.1 Å². The molecule has 0 spiro atoms. The minimum Gasteiger partial charge on any atom is -0.496 e. The van der Waals surface area contributed by atoms with E-state index < -0.39 is 5.92 Å². The van der Waals surface area contributed by atoms with E-state index in [0.29, 0.717) is 57.8 Å². The first-order chi connectivity index (χ1) is 20.5. The Hall–Kier alpha value is -5.31. The third-order valence-corrected chi connectivity index (χ3v) is 7.19. The third kappa shape index (κ3) is 5.01. The van der Waals surface area contributed by atoms with Crippen LogP contribution in [0.4, 0.5) is 0 Å². The summed E-state index contributed by atoms with van der Waals surface area (Å²) in [6.45, 7) is 0.349. The van der Waals surface area contributed by atoms with E-state index in [9.17, 15) is 9.59 Å². The van der Waals surface area contributed by atoms with Crippen molar-refractivity contribution >= 4 is 17.8 Å². The second-order valence-corrected chi connectivity index (χ2v) is 9.70. The largest absolute Gasteiger partial charge is 0.496 e. The molecule has 4 aromatic rings. The molecule has 0 saturated heterocycles. The van der Waals surface area contributed by atoms with E-state index in [1.165, 1.54) is 21.3 Å². The van der Waals surface area contributed by atoms with Gasteiger partial charge in [-0.1, -0.05) is 18.2 Å². The molecule has 0 aliphatic carbocycles. The minimum atomic E-state index is -0.416. The van der Waals surface area contributed by atoms with Crippen LogP contribution in [0.15, 0.2) is 78.8 Å². The molecule has 0 fully saturated rings. The van der Waals surface area contributed by atoms with Crippen LogP contribution in [0.1, 0.15) is 45.0 Å². The summed E-state index contributed by atoms with van der Waals surface area (Å²) in [5.74, 6) is 1.82. The van der Waals surface area contributed by atoms with Gasteiger partial charge in [-0.05, 0) is 48.0 Å². The molecule has 0 unspecified atom stereocenters. The molecule has 0 bridgehead atoms. The van der Waals surface area contributed by atoms with Crippen molar-refractivity contribution in [3.63, 3.8) is 0 Å². The van der Waals surface area contributed by atoms with Crippen LogP contribution in [0.2, 0.25) is 0 Å². The summed E-state index contributed by atoms with van der Waals surface area (Å²) in [5.41, 5.74) is 3.35. The number of nitrogens with zero attached hydrogens (tertiary/aromatic N) is 1. The van der Waals surface area contributed by atoms with Crippen molar-refractivity contribution in [3.05, 3.63) is 107 Å². The molecule has 0 saturated carbocycles. The highest BCUT2D eigenvalue weighted by molar-refractivity contribution is 6.15. The number of aromatic nitrogens is 1. The van der Waals surface area contributed by atoms with Gasteiger partial charge in [-0.15, -0.1) is 0 Å². The number of carbonyl (C=O) groups is 2. The lowest BCUT2D eigenvalue weighted by Gasteiger charge is -2.26. The molecule has 2 aliphatic rings. The lowest BCUT2D eigenvalue weighted by atomic mass is 9.84. The fourth-order valence-electron chi connectivity index (χ4n) is 5.17. The lowest BCUT2D eigenvalue weighted by Crippen LogP contribution is -2.21. The van der Waals surface area contributed by atoms with Gasteiger partial charge in [0.2, 0.25) is 5.78 Å². The van der Waals surface area contributed by atoms with Crippen LogP contribution in [0, 0.1) is 0 Å². The van der Waals surface area contributed by atoms with E-state index in [4.69, 9.17) is 28.4 Å². The summed E-state index contributed by atoms with van der Waals surface area (Å²) in [4.78, 5) is 30.3. The smallest absolute Gasteiger partial charge is 0.312 e. The predicted octanol–water partition coefficient (Wildman–Crippen LogP) is 5.74. The topological polar surface area (TPSA) is 102 Å². The first kappa shape index (κ1) is 26.9. The average molecular weight is 566 g/mol. The van der Waals surface area contributed by atoms with Crippen molar-refractivity contribution < 1.29 is 38.0 Å². The molecule has 1 aromatic heterocycles. The Labute approximate surface area is 242 Å². The summed E-state index contributed by atoms with van der Waals surface area (Å²) in [7, 11) is 4.59. The van der Waals surface area contributed by atoms with Crippen molar-refractivity contribution in [2.75, 3.05) is 21.3 Å². The van der Waals surface area contributed by atoms with Crippen LogP contribution in [-0.2, 0) is 11.4 Å². The highest BCUT2D eigenvalue weighted by Crippen LogP contribution is 2.49. The van der Waals surface area contributed by atoms with Crippen LogP contribution < -0.4 is 28.4 Å². The Morgan fingerprint density at radius 2 is 1.71 bits per heavy atom. The molecule has 9 heteroatoms. The highest BCUT2D eigenvalue weighted by Gasteiger charge is 2.38. The number of allylic oxidation sites excluding steroid dienone is 1. The van der Waals surface area contributed by atoms with Gasteiger partial charge in [0.1, 0.15) is 29.6 Å². The number of ketones is 1. The van der Waals surface area contributed by atoms with Crippen molar-refractivity contribution in [1.82, 2.24) is 4.98 Å². The average Bonchev–Trinajstić information content (AvgIpc) is 3.34. The number of ether oxygens (including phenoxy) is 6. The fourth-order valence-corrected chi connectivity index (χ4v) is 5.17. The molecule has 3 aromatic carbocycles. The number of Topliss-reactive ketones (excluding diaryl/α,β-unsaturated/α-hetero) is 1. The van der Waals surface area contributed by atoms with Crippen LogP contribution >= 0.6 is 0 Å². The summed E-state index contributed by atoms with van der Waals surface area (Å²) in [6.07, 6.45) is 5.14. The maximum absolute atomic E-state index is 13.5. The summed E-state index contributed by atoms with van der Waals surface area (Å²) < 4.78 is 34.2. The van der Waals surface area contributed by atoms with Gasteiger partial charge in [0.25, 0.3) is 0 Å². The number of benzene rings is 3. The fraction of sp³-hybridized carbons (Fsp3) is 0.182. The number of hydrogen-bond acceptors (Lipinski definition) is 9. The molecule has 0 amide bonds. The number of methoxy groups -OCH3 is 3. The van der Waals surface area contributed by atoms with Crippen LogP contribution in [0.5, 0.6) is 34.5 Å². The van der Waals surface area contributed by atoms with Gasteiger partial charge in [0.05, 0.1) is 33.3 Å². The Bertz CT molecular complexity index is 1710. The van der Waals surface area contributed by atoms with E-state index in [-0.39, 0.29) is 23.9 Å². The zero-order valence-electron chi connectivity index (χ0n) is 23.2. The van der Waals surface area contributed by atoms with E-state index in [0.717, 1.165) is 11.1 Å². The normalized spacial score (nSPS) is 16.3. The Balaban J connectivity index is 1.36. The van der Waals surface area contributed by atoms with Gasteiger partial charge in [-0.3, -0.25) is 14.6 Å². The monoisotopic (exact) mass is 565 g/mol. The van der Waals surface area contributed by atoms with Crippen LogP contribution in [0.3, 0.4) is 0 Å². The minimum absolute atomic E-state index is 0.0790. The SMILES string of the molecule is COc1cc(OC)c(OC)cc1/C=C1\Oc2c(ccc3c2[C@@H](c2cccc(OCc4cccnc4)c2)CC(=O)O3)C1=O. The third-order valence-electron chi connectivity index (χ3n) is 7.19. The van der Waals surface area contributed by atoms with Crippen molar-refractivity contribution in [2.24, 2.45) is 0 Å². The van der Waals surface area contributed by atoms with E-state index in [1.807, 2.05) is 36.4 Å². The van der Waals surface area contributed by atoms with Crippen molar-refractivity contribution in [3.8, 4) is 34.5 Å². The van der Waals surface area contributed by atoms with Gasteiger partial charge < -0.3 is 28.4 Å². The number of hydrogen-bond donors (Lipinski definition) is 0. The molecule has 0 radical (unpaired) electrons. The number of carbonyl (C=O) groups excluding carboxylic acids is 2. The first-order valence-corrected chi connectivity index (χ1v) is 13.2. The molecular formula is C33H27NO8. The maximum Gasteiger partial charge on any atom is 0.312 e. The molecular weight excluding hydrogens is 538 g/mol. The Morgan fingerprint density at radius 3 is 2.48 bits per heavy atom. The summed E-state index contributed by atoms with van der Waals surface area (Å²) in [5, 5.41) is 0. The summed E-state index contributed by atoms with van der Waals surface area (Å²) >= 11 is 0. The lowest BCUT2D eigenvalue weighted by molar-refractivity contribution is -0.135. The molecule has 9 nitrogen and oxygen atoms in total. The molecule has 2 aliphatic heterocycles. The van der Waals surface area contributed by atoms with Crippen LogP contribution in [0.25, 0.3) is 6.08 Å². The Kier molecular flexibility index (Phi) is 7.23.